The molecular formula is C4H6N2O2. The van der Waals surface area contributed by atoms with Crippen molar-refractivity contribution in [3.05, 3.63) is 0 Å². The monoisotopic (exact) mass is 114 g/mol. The van der Waals surface area contributed by atoms with Crippen LogP contribution in [0, 0.1) is 0 Å². The van der Waals surface area contributed by atoms with E-state index in [0.29, 0.717) is 6.67 Å². The third kappa shape index (κ3) is 0.439. The van der Waals surface area contributed by atoms with Gasteiger partial charge in [0.2, 0.25) is 0 Å². The molecule has 44 valence electrons. The van der Waals surface area contributed by atoms with Crippen LogP contribution in [0.1, 0.15) is 0 Å². The van der Waals surface area contributed by atoms with Gasteiger partial charge in [0.1, 0.15) is 6.23 Å². The summed E-state index contributed by atoms with van der Waals surface area (Å²) < 4.78 is 4.87. The van der Waals surface area contributed by atoms with Crippen molar-refractivity contribution in [3.63, 3.8) is 0 Å². The van der Waals surface area contributed by atoms with Crippen molar-refractivity contribution in [2.75, 3.05) is 6.67 Å². The van der Waals surface area contributed by atoms with Gasteiger partial charge in [-0.3, -0.25) is 10.1 Å². The van der Waals surface area contributed by atoms with Gasteiger partial charge >= 0.3 is 0 Å². The van der Waals surface area contributed by atoms with Crippen LogP contribution < -0.4 is 10.6 Å². The van der Waals surface area contributed by atoms with Crippen molar-refractivity contribution >= 4 is 5.91 Å². The molecule has 2 unspecified atom stereocenters. The number of fused-ring (bicyclic) bond motifs is 1. The van der Waals surface area contributed by atoms with Crippen LogP contribution in [0.5, 0.6) is 0 Å². The van der Waals surface area contributed by atoms with Gasteiger partial charge in [0.15, 0.2) is 6.10 Å². The number of hydrogen-bond donors (Lipinski definition) is 2. The lowest BCUT2D eigenvalue weighted by Crippen LogP contribution is -2.44. The molecule has 8 heavy (non-hydrogen) atoms. The number of ether oxygens (including phenoxy) is 1. The molecule has 2 heterocycles. The van der Waals surface area contributed by atoms with Crippen LogP contribution in [0.25, 0.3) is 0 Å². The maximum absolute atomic E-state index is 10.6. The first kappa shape index (κ1) is 4.29. The maximum Gasteiger partial charge on any atom is 0.254 e. The smallest absolute Gasteiger partial charge is 0.254 e. The highest BCUT2D eigenvalue weighted by Gasteiger charge is 2.47. The summed E-state index contributed by atoms with van der Waals surface area (Å²) in [5.74, 6) is 0.00810. The molecule has 1 amide bonds. The first-order chi connectivity index (χ1) is 3.88. The molecule has 2 fully saturated rings. The molecule has 0 bridgehead atoms. The lowest BCUT2D eigenvalue weighted by atomic mass is 10.3. The van der Waals surface area contributed by atoms with E-state index < -0.39 is 0 Å². The quantitative estimate of drug-likeness (QED) is 0.372. The number of nitrogens with one attached hydrogen (secondary N) is 2. The van der Waals surface area contributed by atoms with E-state index in [1.165, 1.54) is 0 Å². The second-order valence-electron chi connectivity index (χ2n) is 1.90. The second kappa shape index (κ2) is 1.21. The highest BCUT2D eigenvalue weighted by Crippen LogP contribution is 2.20. The first-order valence-electron chi connectivity index (χ1n) is 2.54. The number of hydrogen-bond acceptors (Lipinski definition) is 3. The highest BCUT2D eigenvalue weighted by molar-refractivity contribution is 5.84. The average molecular weight is 114 g/mol. The van der Waals surface area contributed by atoms with Crippen molar-refractivity contribution in [1.29, 1.82) is 0 Å². The molecule has 0 spiro atoms. The van der Waals surface area contributed by atoms with Crippen molar-refractivity contribution in [1.82, 2.24) is 10.6 Å². The number of amides is 1. The Morgan fingerprint density at radius 1 is 1.75 bits per heavy atom. The summed E-state index contributed by atoms with van der Waals surface area (Å²) in [6.45, 7) is 0.542. The molecule has 2 aliphatic rings. The van der Waals surface area contributed by atoms with Crippen molar-refractivity contribution in [2.45, 2.75) is 12.3 Å². The van der Waals surface area contributed by atoms with Crippen LogP contribution in [0.15, 0.2) is 0 Å². The fraction of sp³-hybridized carbons (Fsp3) is 0.750. The summed E-state index contributed by atoms with van der Waals surface area (Å²) in [6.07, 6.45) is -0.174. The Bertz CT molecular complexity index is 136. The first-order valence-corrected chi connectivity index (χ1v) is 2.54. The zero-order valence-electron chi connectivity index (χ0n) is 4.18. The molecular weight excluding hydrogens is 108 g/mol. The van der Waals surface area contributed by atoms with Crippen molar-refractivity contribution < 1.29 is 9.53 Å². The summed E-state index contributed by atoms with van der Waals surface area (Å²) in [4.78, 5) is 10.6. The Morgan fingerprint density at radius 3 is 3.25 bits per heavy atom. The van der Waals surface area contributed by atoms with Gasteiger partial charge < -0.3 is 10.1 Å². The van der Waals surface area contributed by atoms with Gasteiger partial charge in [-0.2, -0.15) is 0 Å². The summed E-state index contributed by atoms with van der Waals surface area (Å²) in [7, 11) is 0. The molecule has 0 aromatic rings. The third-order valence-electron chi connectivity index (χ3n) is 1.32. The number of epoxide rings is 1. The Hall–Kier alpha value is -0.610. The van der Waals surface area contributed by atoms with E-state index in [1.807, 2.05) is 0 Å². The van der Waals surface area contributed by atoms with Gasteiger partial charge in [0.05, 0.1) is 6.67 Å². The van der Waals surface area contributed by atoms with E-state index >= 15 is 0 Å². The molecule has 4 nitrogen and oxygen atoms in total. The lowest BCUT2D eigenvalue weighted by Gasteiger charge is -2.06. The molecule has 2 saturated heterocycles. The second-order valence-corrected chi connectivity index (χ2v) is 1.90. The standard InChI is InChI=1S/C4H6N2O2/c7-3-2-4(8-2)6-1-5-3/h2,4,6H,1H2,(H,5,7). The predicted molar refractivity (Wildman–Crippen MR) is 24.8 cm³/mol. The molecule has 4 heteroatoms. The molecule has 2 rings (SSSR count). The summed E-state index contributed by atoms with van der Waals surface area (Å²) in [6, 6.07) is 0. The molecule has 0 radical (unpaired) electrons. The van der Waals surface area contributed by atoms with Crippen molar-refractivity contribution in [2.24, 2.45) is 0 Å². The van der Waals surface area contributed by atoms with E-state index in [1.54, 1.807) is 0 Å². The zero-order chi connectivity index (χ0) is 5.56. The SMILES string of the molecule is O=C1NCNC2OC12. The maximum atomic E-state index is 10.6. The number of carbonyl (C=O) groups excluding carboxylic acids is 1. The van der Waals surface area contributed by atoms with Gasteiger partial charge in [-0.25, -0.2) is 0 Å². The molecule has 0 aromatic carbocycles. The Balaban J connectivity index is 2.08. The molecule has 0 aromatic heterocycles. The molecule has 0 aliphatic carbocycles. The van der Waals surface area contributed by atoms with Crippen LogP contribution in [0.3, 0.4) is 0 Å². The average Bonchev–Trinajstić information content (AvgIpc) is 2.45. The predicted octanol–water partition coefficient (Wildman–Crippen LogP) is -1.61. The highest BCUT2D eigenvalue weighted by atomic mass is 16.6. The third-order valence-corrected chi connectivity index (χ3v) is 1.32. The summed E-state index contributed by atoms with van der Waals surface area (Å²) >= 11 is 0. The summed E-state index contributed by atoms with van der Waals surface area (Å²) in [5, 5.41) is 5.53. The zero-order valence-corrected chi connectivity index (χ0v) is 4.18. The van der Waals surface area contributed by atoms with E-state index in [0.717, 1.165) is 0 Å². The van der Waals surface area contributed by atoms with E-state index in [-0.39, 0.29) is 18.2 Å². The Kier molecular flexibility index (Phi) is 0.648. The van der Waals surface area contributed by atoms with Gasteiger partial charge in [0, 0.05) is 0 Å². The molecule has 2 aliphatic heterocycles. The van der Waals surface area contributed by atoms with Crippen LogP contribution >= 0.6 is 0 Å². The lowest BCUT2D eigenvalue weighted by molar-refractivity contribution is -0.122. The Labute approximate surface area is 46.2 Å². The molecule has 2 atom stereocenters. The molecule has 0 saturated carbocycles. The van der Waals surface area contributed by atoms with E-state index in [4.69, 9.17) is 4.74 Å². The summed E-state index contributed by atoms with van der Waals surface area (Å²) in [5.41, 5.74) is 0. The van der Waals surface area contributed by atoms with Crippen LogP contribution in [0.2, 0.25) is 0 Å². The fourth-order valence-corrected chi connectivity index (χ4v) is 0.806. The fourth-order valence-electron chi connectivity index (χ4n) is 0.806. The normalized spacial score (nSPS) is 42.8. The van der Waals surface area contributed by atoms with Crippen LogP contribution in [-0.2, 0) is 9.53 Å². The molecule has 2 N–H and O–H groups in total. The minimum absolute atomic E-state index is 0.00810. The van der Waals surface area contributed by atoms with Gasteiger partial charge in [0.25, 0.3) is 5.91 Å². The van der Waals surface area contributed by atoms with Gasteiger partial charge in [-0.05, 0) is 0 Å². The van der Waals surface area contributed by atoms with Gasteiger partial charge in [-0.15, -0.1) is 0 Å². The number of carbonyl (C=O) groups is 1. The number of rotatable bonds is 0. The minimum atomic E-state index is -0.191. The van der Waals surface area contributed by atoms with Crippen LogP contribution in [0.4, 0.5) is 0 Å². The van der Waals surface area contributed by atoms with E-state index in [9.17, 15) is 4.79 Å². The van der Waals surface area contributed by atoms with Crippen molar-refractivity contribution in [3.8, 4) is 0 Å². The minimum Gasteiger partial charge on any atom is -0.343 e. The van der Waals surface area contributed by atoms with Crippen LogP contribution in [-0.4, -0.2) is 24.9 Å². The largest absolute Gasteiger partial charge is 0.343 e. The van der Waals surface area contributed by atoms with E-state index in [2.05, 4.69) is 10.6 Å². The topological polar surface area (TPSA) is 53.7 Å². The Morgan fingerprint density at radius 2 is 2.62 bits per heavy atom. The van der Waals surface area contributed by atoms with Gasteiger partial charge in [-0.1, -0.05) is 0 Å².